The number of hydrogen-bond acceptors (Lipinski definition) is 8. The lowest BCUT2D eigenvalue weighted by molar-refractivity contribution is 0.128. The first-order chi connectivity index (χ1) is 9.71. The average Bonchev–Trinajstić information content (AvgIpc) is 2.88. The van der Waals surface area contributed by atoms with E-state index in [2.05, 4.69) is 25.9 Å². The van der Waals surface area contributed by atoms with Crippen LogP contribution in [-0.2, 0) is 17.9 Å². The number of nitrogen functional groups attached to an aromatic ring is 1. The fourth-order valence-corrected chi connectivity index (χ4v) is 1.60. The van der Waals surface area contributed by atoms with E-state index in [9.17, 15) is 0 Å². The number of aryl methyl sites for hydroxylation is 1. The summed E-state index contributed by atoms with van der Waals surface area (Å²) in [5.41, 5.74) is 3.31. The monoisotopic (exact) mass is 278 g/mol. The molecule has 2 aromatic rings. The molecule has 0 saturated heterocycles. The molecule has 0 aromatic carbocycles. The topological polar surface area (TPSA) is 111 Å². The highest BCUT2D eigenvalue weighted by molar-refractivity contribution is 5.46. The second-order valence-corrected chi connectivity index (χ2v) is 4.12. The zero-order valence-corrected chi connectivity index (χ0v) is 11.5. The average molecular weight is 278 g/mol. The SMILES string of the molecule is CCOCc1nc(NN)cc(NCc2cc(C)on2)n1. The van der Waals surface area contributed by atoms with Crippen molar-refractivity contribution in [1.82, 2.24) is 15.1 Å². The van der Waals surface area contributed by atoms with E-state index < -0.39 is 0 Å². The molecule has 0 radical (unpaired) electrons. The summed E-state index contributed by atoms with van der Waals surface area (Å²) in [7, 11) is 0. The Morgan fingerprint density at radius 1 is 1.30 bits per heavy atom. The van der Waals surface area contributed by atoms with E-state index in [0.717, 1.165) is 11.5 Å². The van der Waals surface area contributed by atoms with Crippen LogP contribution < -0.4 is 16.6 Å². The van der Waals surface area contributed by atoms with E-state index in [1.165, 1.54) is 0 Å². The quantitative estimate of drug-likeness (QED) is 0.512. The summed E-state index contributed by atoms with van der Waals surface area (Å²) in [6, 6.07) is 3.57. The largest absolute Gasteiger partial charge is 0.374 e. The zero-order valence-electron chi connectivity index (χ0n) is 11.5. The van der Waals surface area contributed by atoms with Gasteiger partial charge in [0.15, 0.2) is 5.82 Å². The highest BCUT2D eigenvalue weighted by atomic mass is 16.5. The van der Waals surface area contributed by atoms with Crippen LogP contribution in [-0.4, -0.2) is 21.7 Å². The maximum atomic E-state index is 5.39. The first kappa shape index (κ1) is 14.2. The van der Waals surface area contributed by atoms with Gasteiger partial charge < -0.3 is 20.0 Å². The maximum Gasteiger partial charge on any atom is 0.158 e. The fourth-order valence-electron chi connectivity index (χ4n) is 1.60. The van der Waals surface area contributed by atoms with Crippen molar-refractivity contribution in [3.63, 3.8) is 0 Å². The van der Waals surface area contributed by atoms with Gasteiger partial charge in [-0.2, -0.15) is 0 Å². The van der Waals surface area contributed by atoms with Gasteiger partial charge in [0.05, 0.1) is 6.54 Å². The molecule has 0 aliphatic carbocycles. The van der Waals surface area contributed by atoms with E-state index in [0.29, 0.717) is 37.2 Å². The Bertz CT molecular complexity index is 557. The van der Waals surface area contributed by atoms with Crippen LogP contribution in [0.1, 0.15) is 24.2 Å². The summed E-state index contributed by atoms with van der Waals surface area (Å²) >= 11 is 0. The van der Waals surface area contributed by atoms with Crippen molar-refractivity contribution < 1.29 is 9.26 Å². The molecule has 0 spiro atoms. The van der Waals surface area contributed by atoms with Gasteiger partial charge in [-0.3, -0.25) is 0 Å². The fraction of sp³-hybridized carbons (Fsp3) is 0.417. The van der Waals surface area contributed by atoms with Crippen molar-refractivity contribution in [2.24, 2.45) is 5.84 Å². The molecule has 0 atom stereocenters. The first-order valence-corrected chi connectivity index (χ1v) is 6.29. The van der Waals surface area contributed by atoms with Crippen LogP contribution in [0.4, 0.5) is 11.6 Å². The Morgan fingerprint density at radius 2 is 2.10 bits per heavy atom. The lowest BCUT2D eigenvalue weighted by Crippen LogP contribution is -2.13. The Hall–Kier alpha value is -2.19. The molecular formula is C12H18N6O2. The minimum Gasteiger partial charge on any atom is -0.374 e. The number of nitrogens with two attached hydrogens (primary N) is 1. The van der Waals surface area contributed by atoms with E-state index in [1.54, 1.807) is 6.07 Å². The Labute approximate surface area is 116 Å². The number of nitrogens with zero attached hydrogens (tertiary/aromatic N) is 3. The highest BCUT2D eigenvalue weighted by Crippen LogP contribution is 2.12. The van der Waals surface area contributed by atoms with Gasteiger partial charge in [-0.25, -0.2) is 15.8 Å². The molecule has 0 fully saturated rings. The summed E-state index contributed by atoms with van der Waals surface area (Å²) in [4.78, 5) is 8.54. The minimum absolute atomic E-state index is 0.337. The molecule has 0 aliphatic heterocycles. The molecule has 0 unspecified atom stereocenters. The third-order valence-corrected chi connectivity index (χ3v) is 2.48. The standard InChI is InChI=1S/C12H18N6O2/c1-3-19-7-12-15-10(5-11(16-12)17-13)14-6-9-4-8(2)20-18-9/h4-5H,3,6-7,13H2,1-2H3,(H2,14,15,16,17). The summed E-state index contributed by atoms with van der Waals surface area (Å²) in [5, 5.41) is 7.04. The number of aromatic nitrogens is 3. The molecule has 8 heteroatoms. The number of anilines is 2. The molecule has 0 saturated carbocycles. The Balaban J connectivity index is 2.05. The Morgan fingerprint density at radius 3 is 2.75 bits per heavy atom. The molecule has 0 bridgehead atoms. The zero-order chi connectivity index (χ0) is 14.4. The third kappa shape index (κ3) is 3.90. The molecule has 2 rings (SSSR count). The minimum atomic E-state index is 0.337. The number of hydrazine groups is 1. The molecule has 2 aromatic heterocycles. The van der Waals surface area contributed by atoms with Gasteiger partial charge in [0.1, 0.15) is 29.7 Å². The number of hydrogen-bond donors (Lipinski definition) is 3. The van der Waals surface area contributed by atoms with Gasteiger partial charge >= 0.3 is 0 Å². The van der Waals surface area contributed by atoms with Crippen LogP contribution in [0.15, 0.2) is 16.7 Å². The highest BCUT2D eigenvalue weighted by Gasteiger charge is 2.06. The van der Waals surface area contributed by atoms with Gasteiger partial charge in [0, 0.05) is 18.7 Å². The molecule has 8 nitrogen and oxygen atoms in total. The molecule has 108 valence electrons. The van der Waals surface area contributed by atoms with Crippen molar-refractivity contribution in [2.75, 3.05) is 17.3 Å². The molecule has 0 aliphatic rings. The molecule has 2 heterocycles. The third-order valence-electron chi connectivity index (χ3n) is 2.48. The van der Waals surface area contributed by atoms with Crippen molar-refractivity contribution in [1.29, 1.82) is 0 Å². The second-order valence-electron chi connectivity index (χ2n) is 4.12. The predicted molar refractivity (Wildman–Crippen MR) is 73.7 cm³/mol. The van der Waals surface area contributed by atoms with E-state index >= 15 is 0 Å². The van der Waals surface area contributed by atoms with Crippen LogP contribution in [0.5, 0.6) is 0 Å². The van der Waals surface area contributed by atoms with Crippen LogP contribution >= 0.6 is 0 Å². The van der Waals surface area contributed by atoms with Crippen molar-refractivity contribution in [3.8, 4) is 0 Å². The van der Waals surface area contributed by atoms with Gasteiger partial charge in [-0.1, -0.05) is 5.16 Å². The van der Waals surface area contributed by atoms with E-state index in [4.69, 9.17) is 15.1 Å². The maximum absolute atomic E-state index is 5.39. The van der Waals surface area contributed by atoms with Gasteiger partial charge in [0.2, 0.25) is 0 Å². The number of nitrogens with one attached hydrogen (secondary N) is 2. The van der Waals surface area contributed by atoms with E-state index in [-0.39, 0.29) is 0 Å². The van der Waals surface area contributed by atoms with E-state index in [1.807, 2.05) is 19.9 Å². The molecular weight excluding hydrogens is 260 g/mol. The summed E-state index contributed by atoms with van der Waals surface area (Å²) in [5.74, 6) is 7.88. The molecule has 0 amide bonds. The van der Waals surface area contributed by atoms with Crippen molar-refractivity contribution >= 4 is 11.6 Å². The van der Waals surface area contributed by atoms with Crippen LogP contribution in [0, 0.1) is 6.92 Å². The number of ether oxygens (including phenoxy) is 1. The van der Waals surface area contributed by atoms with Gasteiger partial charge in [0.25, 0.3) is 0 Å². The summed E-state index contributed by atoms with van der Waals surface area (Å²) < 4.78 is 10.3. The Kier molecular flexibility index (Phi) is 4.85. The van der Waals surface area contributed by atoms with Crippen molar-refractivity contribution in [3.05, 3.63) is 29.4 Å². The second kappa shape index (κ2) is 6.83. The van der Waals surface area contributed by atoms with Crippen LogP contribution in [0.3, 0.4) is 0 Å². The normalized spacial score (nSPS) is 10.6. The lowest BCUT2D eigenvalue weighted by Gasteiger charge is -2.08. The van der Waals surface area contributed by atoms with Crippen LogP contribution in [0.25, 0.3) is 0 Å². The van der Waals surface area contributed by atoms with Crippen LogP contribution in [0.2, 0.25) is 0 Å². The predicted octanol–water partition coefficient (Wildman–Crippen LogP) is 1.21. The van der Waals surface area contributed by atoms with Crippen molar-refractivity contribution in [2.45, 2.75) is 27.0 Å². The van der Waals surface area contributed by atoms with Gasteiger partial charge in [-0.15, -0.1) is 0 Å². The molecule has 4 N–H and O–H groups in total. The summed E-state index contributed by atoms with van der Waals surface area (Å²) in [6.45, 7) is 5.20. The number of rotatable bonds is 7. The lowest BCUT2D eigenvalue weighted by atomic mass is 10.3. The van der Waals surface area contributed by atoms with Gasteiger partial charge in [-0.05, 0) is 13.8 Å². The smallest absolute Gasteiger partial charge is 0.158 e. The first-order valence-electron chi connectivity index (χ1n) is 6.29. The molecule has 20 heavy (non-hydrogen) atoms. The summed E-state index contributed by atoms with van der Waals surface area (Å²) in [6.07, 6.45) is 0.